The minimum absolute atomic E-state index is 0.200. The van der Waals surface area contributed by atoms with Gasteiger partial charge < -0.3 is 9.47 Å². The van der Waals surface area contributed by atoms with Gasteiger partial charge in [0.25, 0.3) is 0 Å². The molecule has 0 spiro atoms. The highest BCUT2D eigenvalue weighted by Crippen LogP contribution is 2.27. The molecular weight excluding hydrogens is 348 g/mol. The molecule has 1 amide bonds. The monoisotopic (exact) mass is 374 g/mol. The molecule has 0 bridgehead atoms. The van der Waals surface area contributed by atoms with Gasteiger partial charge in [-0.2, -0.15) is 5.10 Å². The van der Waals surface area contributed by atoms with Gasteiger partial charge in [0.2, 0.25) is 0 Å². The lowest BCUT2D eigenvalue weighted by Gasteiger charge is -2.26. The number of Topliss-reactive ketones (excluding diaryl/α,β-unsaturated/α-hetero) is 2. The van der Waals surface area contributed by atoms with Gasteiger partial charge >= 0.3 is 6.09 Å². The summed E-state index contributed by atoms with van der Waals surface area (Å²) in [5.74, 6) is -1.18. The standard InChI is InChI=1S/C20H26N2O5/c1-20(2,3)27-19(25)22(4)21-14-10-8-11-15(23)17(14)18(24)13-9-6-7-12-16(13)26-5/h6-7,9,12,17H,8,10-11H2,1-5H3/b21-14-. The molecular formula is C20H26N2O5. The Bertz CT molecular complexity index is 764. The second-order valence-corrected chi connectivity index (χ2v) is 7.41. The van der Waals surface area contributed by atoms with E-state index in [9.17, 15) is 14.4 Å². The van der Waals surface area contributed by atoms with Crippen molar-refractivity contribution in [1.82, 2.24) is 5.01 Å². The molecule has 1 aromatic rings. The largest absolute Gasteiger partial charge is 0.496 e. The van der Waals surface area contributed by atoms with Crippen LogP contribution in [0, 0.1) is 5.92 Å². The summed E-state index contributed by atoms with van der Waals surface area (Å²) in [5, 5.41) is 5.29. The first-order valence-electron chi connectivity index (χ1n) is 8.88. The van der Waals surface area contributed by atoms with Crippen molar-refractivity contribution in [2.75, 3.05) is 14.2 Å². The molecule has 1 aliphatic carbocycles. The third-order valence-electron chi connectivity index (χ3n) is 4.08. The molecule has 146 valence electrons. The Morgan fingerprint density at radius 1 is 1.19 bits per heavy atom. The Hall–Kier alpha value is -2.70. The Morgan fingerprint density at radius 3 is 2.48 bits per heavy atom. The molecule has 7 nitrogen and oxygen atoms in total. The molecule has 27 heavy (non-hydrogen) atoms. The average molecular weight is 374 g/mol. The van der Waals surface area contributed by atoms with E-state index in [-0.39, 0.29) is 11.6 Å². The van der Waals surface area contributed by atoms with Crippen molar-refractivity contribution in [3.05, 3.63) is 29.8 Å². The average Bonchev–Trinajstić information content (AvgIpc) is 2.59. The van der Waals surface area contributed by atoms with Crippen LogP contribution in [-0.4, -0.2) is 48.1 Å². The summed E-state index contributed by atoms with van der Waals surface area (Å²) in [6.07, 6.45) is 0.720. The normalized spacial score (nSPS) is 18.9. The molecule has 7 heteroatoms. The van der Waals surface area contributed by atoms with Crippen LogP contribution in [0.4, 0.5) is 4.79 Å². The van der Waals surface area contributed by atoms with E-state index in [1.807, 2.05) is 0 Å². The predicted molar refractivity (Wildman–Crippen MR) is 101 cm³/mol. The number of para-hydroxylation sites is 1. The predicted octanol–water partition coefficient (Wildman–Crippen LogP) is 3.47. The Morgan fingerprint density at radius 2 is 1.85 bits per heavy atom. The van der Waals surface area contributed by atoms with Crippen molar-refractivity contribution < 1.29 is 23.9 Å². The highest BCUT2D eigenvalue weighted by Gasteiger charge is 2.37. The minimum atomic E-state index is -1.01. The molecule has 0 aliphatic heterocycles. The summed E-state index contributed by atoms with van der Waals surface area (Å²) in [4.78, 5) is 37.8. The third kappa shape index (κ3) is 5.15. The summed E-state index contributed by atoms with van der Waals surface area (Å²) < 4.78 is 10.5. The van der Waals surface area contributed by atoms with Gasteiger partial charge in [0, 0.05) is 13.5 Å². The van der Waals surface area contributed by atoms with E-state index in [4.69, 9.17) is 9.47 Å². The Kier molecular flexibility index (Phi) is 6.36. The van der Waals surface area contributed by atoms with E-state index < -0.39 is 17.6 Å². The first kappa shape index (κ1) is 20.6. The molecule has 1 aromatic carbocycles. The zero-order chi connectivity index (χ0) is 20.2. The summed E-state index contributed by atoms with van der Waals surface area (Å²) in [7, 11) is 2.92. The van der Waals surface area contributed by atoms with Crippen LogP contribution in [0.5, 0.6) is 5.75 Å². The number of nitrogens with zero attached hydrogens (tertiary/aromatic N) is 2. The molecule has 2 rings (SSSR count). The maximum Gasteiger partial charge on any atom is 0.430 e. The van der Waals surface area contributed by atoms with Gasteiger partial charge in [-0.05, 0) is 45.7 Å². The van der Waals surface area contributed by atoms with Crippen molar-refractivity contribution in [2.45, 2.75) is 45.6 Å². The van der Waals surface area contributed by atoms with E-state index >= 15 is 0 Å². The number of carbonyl (C=O) groups is 3. The van der Waals surface area contributed by atoms with Gasteiger partial charge in [0.1, 0.15) is 23.1 Å². The van der Waals surface area contributed by atoms with Crippen LogP contribution in [0.15, 0.2) is 29.4 Å². The first-order valence-corrected chi connectivity index (χ1v) is 8.88. The van der Waals surface area contributed by atoms with E-state index in [1.54, 1.807) is 45.0 Å². The maximum absolute atomic E-state index is 13.1. The van der Waals surface area contributed by atoms with Gasteiger partial charge in [0.15, 0.2) is 5.78 Å². The molecule has 0 aromatic heterocycles. The van der Waals surface area contributed by atoms with Crippen molar-refractivity contribution in [1.29, 1.82) is 0 Å². The molecule has 0 radical (unpaired) electrons. The van der Waals surface area contributed by atoms with Gasteiger partial charge in [-0.15, -0.1) is 0 Å². The fraction of sp³-hybridized carbons (Fsp3) is 0.500. The third-order valence-corrected chi connectivity index (χ3v) is 4.08. The molecule has 1 saturated carbocycles. The molecule has 0 heterocycles. The lowest BCUT2D eigenvalue weighted by molar-refractivity contribution is -0.120. The van der Waals surface area contributed by atoms with Crippen LogP contribution in [0.2, 0.25) is 0 Å². The number of amides is 1. The highest BCUT2D eigenvalue weighted by atomic mass is 16.6. The van der Waals surface area contributed by atoms with Gasteiger partial charge in [-0.1, -0.05) is 12.1 Å². The van der Waals surface area contributed by atoms with Crippen LogP contribution in [0.1, 0.15) is 50.4 Å². The topological polar surface area (TPSA) is 85.3 Å². The minimum Gasteiger partial charge on any atom is -0.496 e. The summed E-state index contributed by atoms with van der Waals surface area (Å²) in [5.41, 5.74) is 0.0314. The zero-order valence-corrected chi connectivity index (χ0v) is 16.4. The quantitative estimate of drug-likeness (QED) is 0.458. The van der Waals surface area contributed by atoms with E-state index in [1.165, 1.54) is 14.2 Å². The molecule has 1 fully saturated rings. The molecule has 1 unspecified atom stereocenters. The van der Waals surface area contributed by atoms with Crippen molar-refractivity contribution in [3.63, 3.8) is 0 Å². The molecule has 1 atom stereocenters. The second-order valence-electron chi connectivity index (χ2n) is 7.41. The Balaban J connectivity index is 2.33. The Labute approximate surface area is 159 Å². The smallest absolute Gasteiger partial charge is 0.430 e. The zero-order valence-electron chi connectivity index (χ0n) is 16.4. The number of benzene rings is 1. The fourth-order valence-electron chi connectivity index (χ4n) is 2.89. The number of carbonyl (C=O) groups excluding carboxylic acids is 3. The summed E-state index contributed by atoms with van der Waals surface area (Å²) >= 11 is 0. The number of rotatable bonds is 4. The van der Waals surface area contributed by atoms with E-state index in [0.717, 1.165) is 5.01 Å². The summed E-state index contributed by atoms with van der Waals surface area (Å²) in [6.45, 7) is 5.26. The van der Waals surface area contributed by atoms with Crippen LogP contribution in [-0.2, 0) is 9.53 Å². The number of hydrogen-bond acceptors (Lipinski definition) is 6. The number of hydrazone groups is 1. The van der Waals surface area contributed by atoms with Gasteiger partial charge in [-0.3, -0.25) is 9.59 Å². The van der Waals surface area contributed by atoms with Crippen LogP contribution in [0.3, 0.4) is 0 Å². The molecule has 1 aliphatic rings. The number of hydrogen-bond donors (Lipinski definition) is 0. The second kappa shape index (κ2) is 8.33. The van der Waals surface area contributed by atoms with Crippen LogP contribution < -0.4 is 4.74 Å². The van der Waals surface area contributed by atoms with Crippen molar-refractivity contribution in [2.24, 2.45) is 11.0 Å². The van der Waals surface area contributed by atoms with E-state index in [0.29, 0.717) is 36.3 Å². The summed E-state index contributed by atoms with van der Waals surface area (Å²) in [6, 6.07) is 6.76. The maximum atomic E-state index is 13.1. The fourth-order valence-corrected chi connectivity index (χ4v) is 2.89. The van der Waals surface area contributed by atoms with Gasteiger partial charge in [0.05, 0.1) is 18.4 Å². The SMILES string of the molecule is COc1ccccc1C(=O)C1C(=O)CCC/C1=N/N(C)C(=O)OC(C)(C)C. The van der Waals surface area contributed by atoms with Crippen molar-refractivity contribution in [3.8, 4) is 5.75 Å². The molecule has 0 N–H and O–H groups in total. The lowest BCUT2D eigenvalue weighted by atomic mass is 9.81. The number of methoxy groups -OCH3 is 1. The van der Waals surface area contributed by atoms with Crippen LogP contribution >= 0.6 is 0 Å². The van der Waals surface area contributed by atoms with Crippen molar-refractivity contribution >= 4 is 23.4 Å². The van der Waals surface area contributed by atoms with E-state index in [2.05, 4.69) is 5.10 Å². The van der Waals surface area contributed by atoms with Gasteiger partial charge in [-0.25, -0.2) is 9.80 Å². The number of ether oxygens (including phenoxy) is 2. The highest BCUT2D eigenvalue weighted by molar-refractivity contribution is 6.27. The lowest BCUT2D eigenvalue weighted by Crippen LogP contribution is -2.38. The number of ketones is 2. The first-order chi connectivity index (χ1) is 12.6. The van der Waals surface area contributed by atoms with Crippen LogP contribution in [0.25, 0.3) is 0 Å². The molecule has 0 saturated heterocycles.